The summed E-state index contributed by atoms with van der Waals surface area (Å²) in [6, 6.07) is 0. The van der Waals surface area contributed by atoms with Gasteiger partial charge in [-0.3, -0.25) is 0 Å². The Labute approximate surface area is 87.9 Å². The summed E-state index contributed by atoms with van der Waals surface area (Å²) in [5.74, 6) is 0.870. The highest BCUT2D eigenvalue weighted by Crippen LogP contribution is 2.21. The Hall–Kier alpha value is -0.850. The van der Waals surface area contributed by atoms with Crippen molar-refractivity contribution in [3.8, 4) is 0 Å². The molecule has 0 N–H and O–H groups in total. The third kappa shape index (κ3) is 6.64. The van der Waals surface area contributed by atoms with E-state index in [-0.39, 0.29) is 0 Å². The van der Waals surface area contributed by atoms with Crippen molar-refractivity contribution < 1.29 is 4.79 Å². The molecule has 14 heavy (non-hydrogen) atoms. The zero-order valence-corrected chi connectivity index (χ0v) is 9.46. The molecule has 1 unspecified atom stereocenters. The molecule has 0 saturated carbocycles. The first-order chi connectivity index (χ1) is 6.79. The fourth-order valence-electron chi connectivity index (χ4n) is 1.71. The van der Waals surface area contributed by atoms with Crippen LogP contribution in [0.25, 0.3) is 0 Å². The maximum atomic E-state index is 8.00. The van der Waals surface area contributed by atoms with E-state index in [0.29, 0.717) is 0 Å². The fraction of sp³-hybridized carbons (Fsp3) is 0.615. The summed E-state index contributed by atoms with van der Waals surface area (Å²) >= 11 is 0. The van der Waals surface area contributed by atoms with Crippen LogP contribution in [0, 0.1) is 5.92 Å². The number of carbonyl (C=O) groups excluding carboxylic acids is 1. The van der Waals surface area contributed by atoms with Crippen LogP contribution in [0.1, 0.15) is 46.0 Å². The predicted molar refractivity (Wildman–Crippen MR) is 62.3 cm³/mol. The summed E-state index contributed by atoms with van der Waals surface area (Å²) in [6.45, 7) is 6.35. The lowest BCUT2D eigenvalue weighted by Crippen LogP contribution is -1.99. The minimum Gasteiger partial charge on any atom is -0.307 e. The van der Waals surface area contributed by atoms with Crippen LogP contribution in [0.2, 0.25) is 0 Å². The van der Waals surface area contributed by atoms with Crippen molar-refractivity contribution in [1.29, 1.82) is 0 Å². The van der Waals surface area contributed by atoms with Crippen LogP contribution >= 0.6 is 0 Å². The van der Waals surface area contributed by atoms with E-state index in [1.54, 1.807) is 0 Å². The van der Waals surface area contributed by atoms with Gasteiger partial charge in [-0.05, 0) is 51.9 Å². The van der Waals surface area contributed by atoms with E-state index in [1.165, 1.54) is 37.7 Å². The first-order valence-corrected chi connectivity index (χ1v) is 5.38. The lowest BCUT2D eigenvalue weighted by Gasteiger charge is -2.14. The first-order valence-electron chi connectivity index (χ1n) is 5.38. The molecule has 0 spiro atoms. The third-order valence-corrected chi connectivity index (χ3v) is 2.44. The van der Waals surface area contributed by atoms with E-state index in [4.69, 9.17) is 4.79 Å². The first kappa shape index (κ1) is 13.2. The normalized spacial score (nSPS) is 19.4. The van der Waals surface area contributed by atoms with Crippen molar-refractivity contribution in [3.63, 3.8) is 0 Å². The minimum absolute atomic E-state index is 0.870. The van der Waals surface area contributed by atoms with Gasteiger partial charge in [0.25, 0.3) is 0 Å². The van der Waals surface area contributed by atoms with Crippen LogP contribution in [0.15, 0.2) is 23.8 Å². The maximum absolute atomic E-state index is 8.00. The molecule has 1 rings (SSSR count). The topological polar surface area (TPSA) is 17.1 Å². The molecule has 0 radical (unpaired) electrons. The molecule has 1 atom stereocenters. The average Bonchev–Trinajstić information content (AvgIpc) is 2.22. The summed E-state index contributed by atoms with van der Waals surface area (Å²) in [5.41, 5.74) is 1.45. The molecule has 0 amide bonds. The number of hydrogen-bond donors (Lipinski definition) is 0. The highest BCUT2D eigenvalue weighted by atomic mass is 16.1. The van der Waals surface area contributed by atoms with Crippen molar-refractivity contribution in [2.45, 2.75) is 46.0 Å². The molecule has 0 aromatic carbocycles. The van der Waals surface area contributed by atoms with Gasteiger partial charge < -0.3 is 4.79 Å². The number of allylic oxidation sites excluding steroid dienone is 4. The van der Waals surface area contributed by atoms with Gasteiger partial charge in [-0.1, -0.05) is 23.8 Å². The Balaban J connectivity index is 0.000000791. The molecule has 0 aromatic rings. The quantitative estimate of drug-likeness (QED) is 0.623. The van der Waals surface area contributed by atoms with Gasteiger partial charge in [-0.15, -0.1) is 0 Å². The van der Waals surface area contributed by atoms with Crippen molar-refractivity contribution in [1.82, 2.24) is 0 Å². The fourth-order valence-corrected chi connectivity index (χ4v) is 1.71. The van der Waals surface area contributed by atoms with Gasteiger partial charge in [-0.25, -0.2) is 0 Å². The van der Waals surface area contributed by atoms with Crippen LogP contribution < -0.4 is 0 Å². The summed E-state index contributed by atoms with van der Waals surface area (Å²) in [7, 11) is 0. The molecule has 1 nitrogen and oxygen atoms in total. The van der Waals surface area contributed by atoms with Gasteiger partial charge >= 0.3 is 0 Å². The zero-order valence-electron chi connectivity index (χ0n) is 9.46. The monoisotopic (exact) mass is 194 g/mol. The Kier molecular flexibility index (Phi) is 8.20. The second-order valence-electron chi connectivity index (χ2n) is 3.98. The molecule has 0 heterocycles. The maximum Gasteiger partial charge on any atom is 0.106 e. The summed E-state index contributed by atoms with van der Waals surface area (Å²) in [6.07, 6.45) is 13.8. The Bertz CT molecular complexity index is 187. The van der Waals surface area contributed by atoms with Gasteiger partial charge in [-0.2, -0.15) is 0 Å². The number of carbonyl (C=O) groups is 1. The molecule has 0 fully saturated rings. The van der Waals surface area contributed by atoms with Gasteiger partial charge in [0, 0.05) is 0 Å². The third-order valence-electron chi connectivity index (χ3n) is 2.44. The van der Waals surface area contributed by atoms with Gasteiger partial charge in [0.15, 0.2) is 0 Å². The van der Waals surface area contributed by atoms with Crippen molar-refractivity contribution in [2.24, 2.45) is 5.92 Å². The zero-order chi connectivity index (χ0) is 10.8. The standard InChI is InChI=1S/C12H20.CH2O/c1-11(2)7-6-10-12-8-4-3-5-9-12;1-2/h4,7-8,12H,3,5-6,9-10H2,1-2H3;1H2. The van der Waals surface area contributed by atoms with Crippen LogP contribution in [0.5, 0.6) is 0 Å². The van der Waals surface area contributed by atoms with Crippen LogP contribution in [-0.4, -0.2) is 6.79 Å². The van der Waals surface area contributed by atoms with E-state index in [2.05, 4.69) is 32.1 Å². The van der Waals surface area contributed by atoms with E-state index >= 15 is 0 Å². The Morgan fingerprint density at radius 2 is 2.21 bits per heavy atom. The number of rotatable bonds is 3. The molecule has 0 aromatic heterocycles. The second kappa shape index (κ2) is 8.74. The largest absolute Gasteiger partial charge is 0.307 e. The Morgan fingerprint density at radius 3 is 2.71 bits per heavy atom. The molecular weight excluding hydrogens is 172 g/mol. The molecule has 0 bridgehead atoms. The summed E-state index contributed by atoms with van der Waals surface area (Å²) < 4.78 is 0. The molecule has 80 valence electrons. The predicted octanol–water partition coefficient (Wildman–Crippen LogP) is 3.90. The van der Waals surface area contributed by atoms with Crippen LogP contribution in [0.3, 0.4) is 0 Å². The van der Waals surface area contributed by atoms with Gasteiger partial charge in [0.1, 0.15) is 6.79 Å². The number of hydrogen-bond acceptors (Lipinski definition) is 1. The molecule has 1 aliphatic rings. The van der Waals surface area contributed by atoms with E-state index in [1.807, 2.05) is 6.79 Å². The van der Waals surface area contributed by atoms with E-state index in [9.17, 15) is 0 Å². The van der Waals surface area contributed by atoms with Gasteiger partial charge in [0.2, 0.25) is 0 Å². The minimum atomic E-state index is 0.870. The molecule has 0 aliphatic heterocycles. The second-order valence-corrected chi connectivity index (χ2v) is 3.98. The highest BCUT2D eigenvalue weighted by molar-refractivity contribution is 5.11. The van der Waals surface area contributed by atoms with Crippen LogP contribution in [-0.2, 0) is 4.79 Å². The average molecular weight is 194 g/mol. The molecule has 0 saturated heterocycles. The van der Waals surface area contributed by atoms with E-state index < -0.39 is 0 Å². The van der Waals surface area contributed by atoms with Crippen molar-refractivity contribution in [2.75, 3.05) is 0 Å². The Morgan fingerprint density at radius 1 is 1.50 bits per heavy atom. The van der Waals surface area contributed by atoms with E-state index in [0.717, 1.165) is 5.92 Å². The van der Waals surface area contributed by atoms with Crippen molar-refractivity contribution in [3.05, 3.63) is 23.8 Å². The van der Waals surface area contributed by atoms with Gasteiger partial charge in [0.05, 0.1) is 0 Å². The lowest BCUT2D eigenvalue weighted by molar-refractivity contribution is -0.0979. The SMILES string of the molecule is C=O.CC(C)=CCCC1C=CCCC1. The molecule has 1 heteroatoms. The smallest absolute Gasteiger partial charge is 0.106 e. The summed E-state index contributed by atoms with van der Waals surface area (Å²) in [4.78, 5) is 8.00. The lowest BCUT2D eigenvalue weighted by atomic mass is 9.92. The molecule has 1 aliphatic carbocycles. The summed E-state index contributed by atoms with van der Waals surface area (Å²) in [5, 5.41) is 0. The molecular formula is C13H22O. The van der Waals surface area contributed by atoms with Crippen LogP contribution in [0.4, 0.5) is 0 Å². The van der Waals surface area contributed by atoms with Crippen molar-refractivity contribution >= 4 is 6.79 Å². The highest BCUT2D eigenvalue weighted by Gasteiger charge is 2.06.